The summed E-state index contributed by atoms with van der Waals surface area (Å²) in [5, 5.41) is 13.7. The largest absolute Gasteiger partial charge is 0.502 e. The van der Waals surface area contributed by atoms with E-state index in [0.29, 0.717) is 5.56 Å². The number of hydrazone groups is 1. The van der Waals surface area contributed by atoms with Gasteiger partial charge in [-0.05, 0) is 17.7 Å². The number of nitrogens with zero attached hydrogens (tertiary/aromatic N) is 1. The SMILES string of the molecule is COc1cc(/C=N\NC(=O)Cc2ccccc2)cc(OC)c1O. The molecule has 0 aliphatic carbocycles. The Morgan fingerprint density at radius 2 is 1.78 bits per heavy atom. The number of aromatic hydroxyl groups is 1. The molecule has 0 unspecified atom stereocenters. The third-order valence-corrected chi connectivity index (χ3v) is 3.11. The Morgan fingerprint density at radius 1 is 1.17 bits per heavy atom. The molecule has 1 amide bonds. The zero-order valence-electron chi connectivity index (χ0n) is 12.9. The summed E-state index contributed by atoms with van der Waals surface area (Å²) in [7, 11) is 2.88. The molecular weight excluding hydrogens is 296 g/mol. The lowest BCUT2D eigenvalue weighted by atomic mass is 10.1. The smallest absolute Gasteiger partial charge is 0.244 e. The van der Waals surface area contributed by atoms with Gasteiger partial charge >= 0.3 is 0 Å². The number of phenols is 1. The third-order valence-electron chi connectivity index (χ3n) is 3.11. The Morgan fingerprint density at radius 3 is 2.35 bits per heavy atom. The predicted octanol–water partition coefficient (Wildman–Crippen LogP) is 2.10. The monoisotopic (exact) mass is 314 g/mol. The zero-order chi connectivity index (χ0) is 16.7. The number of carbonyl (C=O) groups excluding carboxylic acids is 1. The standard InChI is InChI=1S/C17H18N2O4/c1-22-14-8-13(9-15(23-2)17(14)21)11-18-19-16(20)10-12-6-4-3-5-7-12/h3-9,11,21H,10H2,1-2H3,(H,19,20)/b18-11-. The van der Waals surface area contributed by atoms with Gasteiger partial charge in [0.25, 0.3) is 0 Å². The number of ether oxygens (including phenoxy) is 2. The van der Waals surface area contributed by atoms with Crippen molar-refractivity contribution in [3.8, 4) is 17.2 Å². The Labute approximate surface area is 134 Å². The van der Waals surface area contributed by atoms with Gasteiger partial charge in [-0.15, -0.1) is 0 Å². The Kier molecular flexibility index (Phi) is 5.57. The summed E-state index contributed by atoms with van der Waals surface area (Å²) in [4.78, 5) is 11.8. The fraction of sp³-hybridized carbons (Fsp3) is 0.176. The second-order valence-corrected chi connectivity index (χ2v) is 4.73. The molecule has 0 spiro atoms. The second-order valence-electron chi connectivity index (χ2n) is 4.73. The van der Waals surface area contributed by atoms with Crippen molar-refractivity contribution in [2.24, 2.45) is 5.10 Å². The van der Waals surface area contributed by atoms with E-state index in [9.17, 15) is 9.90 Å². The molecule has 0 radical (unpaired) electrons. The lowest BCUT2D eigenvalue weighted by Gasteiger charge is -2.09. The average molecular weight is 314 g/mol. The molecule has 120 valence electrons. The van der Waals surface area contributed by atoms with Crippen LogP contribution in [-0.4, -0.2) is 31.4 Å². The second kappa shape index (κ2) is 7.84. The van der Waals surface area contributed by atoms with Crippen LogP contribution < -0.4 is 14.9 Å². The van der Waals surface area contributed by atoms with E-state index in [1.807, 2.05) is 30.3 Å². The highest BCUT2D eigenvalue weighted by molar-refractivity contribution is 5.84. The van der Waals surface area contributed by atoms with Gasteiger partial charge in [0, 0.05) is 5.56 Å². The third kappa shape index (κ3) is 4.47. The van der Waals surface area contributed by atoms with Crippen molar-refractivity contribution < 1.29 is 19.4 Å². The van der Waals surface area contributed by atoms with E-state index in [0.717, 1.165) is 5.56 Å². The molecule has 23 heavy (non-hydrogen) atoms. The number of hydrogen-bond donors (Lipinski definition) is 2. The number of benzene rings is 2. The van der Waals surface area contributed by atoms with E-state index in [1.54, 1.807) is 12.1 Å². The van der Waals surface area contributed by atoms with Gasteiger partial charge in [-0.25, -0.2) is 5.43 Å². The highest BCUT2D eigenvalue weighted by Gasteiger charge is 2.10. The number of rotatable bonds is 6. The molecule has 2 N–H and O–H groups in total. The molecule has 2 aromatic rings. The summed E-state index contributed by atoms with van der Waals surface area (Å²) in [5.41, 5.74) is 3.99. The number of amides is 1. The number of nitrogens with one attached hydrogen (secondary N) is 1. The van der Waals surface area contributed by atoms with Crippen LogP contribution in [0.5, 0.6) is 17.2 Å². The van der Waals surface area contributed by atoms with Gasteiger partial charge in [0.1, 0.15) is 0 Å². The fourth-order valence-corrected chi connectivity index (χ4v) is 1.99. The van der Waals surface area contributed by atoms with Crippen molar-refractivity contribution in [3.63, 3.8) is 0 Å². The molecule has 0 aliphatic rings. The van der Waals surface area contributed by atoms with Crippen LogP contribution in [0.3, 0.4) is 0 Å². The van der Waals surface area contributed by atoms with E-state index in [1.165, 1.54) is 20.4 Å². The first-order valence-corrected chi connectivity index (χ1v) is 6.95. The van der Waals surface area contributed by atoms with Crippen molar-refractivity contribution in [2.45, 2.75) is 6.42 Å². The summed E-state index contributed by atoms with van der Waals surface area (Å²) in [5.74, 6) is 0.230. The molecule has 6 nitrogen and oxygen atoms in total. The minimum Gasteiger partial charge on any atom is -0.502 e. The molecule has 2 rings (SSSR count). The van der Waals surface area contributed by atoms with E-state index < -0.39 is 0 Å². The first kappa shape index (κ1) is 16.4. The lowest BCUT2D eigenvalue weighted by molar-refractivity contribution is -0.120. The Balaban J connectivity index is 2.01. The number of phenolic OH excluding ortho intramolecular Hbond substituents is 1. The topological polar surface area (TPSA) is 80.2 Å². The molecule has 0 saturated heterocycles. The van der Waals surface area contributed by atoms with Crippen LogP contribution in [0.15, 0.2) is 47.6 Å². The molecule has 0 bridgehead atoms. The van der Waals surface area contributed by atoms with E-state index in [-0.39, 0.29) is 29.6 Å². The van der Waals surface area contributed by atoms with Gasteiger partial charge < -0.3 is 14.6 Å². The van der Waals surface area contributed by atoms with Crippen LogP contribution in [0.2, 0.25) is 0 Å². The summed E-state index contributed by atoms with van der Waals surface area (Å²) < 4.78 is 10.1. The maximum atomic E-state index is 11.8. The van der Waals surface area contributed by atoms with Crippen molar-refractivity contribution >= 4 is 12.1 Å². The number of methoxy groups -OCH3 is 2. The van der Waals surface area contributed by atoms with Crippen molar-refractivity contribution in [1.82, 2.24) is 5.43 Å². The van der Waals surface area contributed by atoms with Gasteiger partial charge in [0.15, 0.2) is 11.5 Å². The summed E-state index contributed by atoms with van der Waals surface area (Å²) >= 11 is 0. The van der Waals surface area contributed by atoms with Crippen molar-refractivity contribution in [3.05, 3.63) is 53.6 Å². The molecule has 0 heterocycles. The van der Waals surface area contributed by atoms with Crippen LogP contribution in [0.4, 0.5) is 0 Å². The molecule has 0 aromatic heterocycles. The maximum absolute atomic E-state index is 11.8. The lowest BCUT2D eigenvalue weighted by Crippen LogP contribution is -2.19. The molecule has 0 saturated carbocycles. The van der Waals surface area contributed by atoms with Gasteiger partial charge in [-0.3, -0.25) is 4.79 Å². The Hall–Kier alpha value is -3.02. The molecular formula is C17H18N2O4. The van der Waals surface area contributed by atoms with Crippen LogP contribution in [-0.2, 0) is 11.2 Å². The first-order valence-electron chi connectivity index (χ1n) is 6.95. The van der Waals surface area contributed by atoms with Crippen LogP contribution in [0.25, 0.3) is 0 Å². The van der Waals surface area contributed by atoms with E-state index in [2.05, 4.69) is 10.5 Å². The first-order chi connectivity index (χ1) is 11.1. The Bertz CT molecular complexity index is 674. The summed E-state index contributed by atoms with van der Waals surface area (Å²) in [6.07, 6.45) is 1.70. The summed E-state index contributed by atoms with van der Waals surface area (Å²) in [6, 6.07) is 12.6. The van der Waals surface area contributed by atoms with Crippen LogP contribution >= 0.6 is 0 Å². The predicted molar refractivity (Wildman–Crippen MR) is 87.1 cm³/mol. The minimum absolute atomic E-state index is 0.0831. The maximum Gasteiger partial charge on any atom is 0.244 e. The molecule has 0 fully saturated rings. The van der Waals surface area contributed by atoms with Gasteiger partial charge in [0.2, 0.25) is 11.7 Å². The highest BCUT2D eigenvalue weighted by Crippen LogP contribution is 2.36. The van der Waals surface area contributed by atoms with Crippen LogP contribution in [0.1, 0.15) is 11.1 Å². The normalized spacial score (nSPS) is 10.5. The molecule has 6 heteroatoms. The van der Waals surface area contributed by atoms with Crippen molar-refractivity contribution in [1.29, 1.82) is 0 Å². The molecule has 0 atom stereocenters. The zero-order valence-corrected chi connectivity index (χ0v) is 12.9. The number of carbonyl (C=O) groups is 1. The van der Waals surface area contributed by atoms with E-state index >= 15 is 0 Å². The summed E-state index contributed by atoms with van der Waals surface area (Å²) in [6.45, 7) is 0. The van der Waals surface area contributed by atoms with Crippen LogP contribution in [0, 0.1) is 0 Å². The molecule has 2 aromatic carbocycles. The molecule has 0 aliphatic heterocycles. The average Bonchev–Trinajstić information content (AvgIpc) is 2.57. The number of hydrogen-bond acceptors (Lipinski definition) is 5. The quantitative estimate of drug-likeness (QED) is 0.632. The highest BCUT2D eigenvalue weighted by atomic mass is 16.5. The van der Waals surface area contributed by atoms with Gasteiger partial charge in [0.05, 0.1) is 26.9 Å². The van der Waals surface area contributed by atoms with Gasteiger partial charge in [-0.1, -0.05) is 30.3 Å². The minimum atomic E-state index is -0.217. The van der Waals surface area contributed by atoms with E-state index in [4.69, 9.17) is 9.47 Å². The van der Waals surface area contributed by atoms with Crippen molar-refractivity contribution in [2.75, 3.05) is 14.2 Å². The fourth-order valence-electron chi connectivity index (χ4n) is 1.99. The van der Waals surface area contributed by atoms with Gasteiger partial charge in [-0.2, -0.15) is 5.10 Å².